The number of ether oxygens (including phenoxy) is 1. The van der Waals surface area contributed by atoms with E-state index in [1.165, 1.54) is 0 Å². The number of hydrogen-bond acceptors (Lipinski definition) is 5. The molecule has 146 valence electrons. The van der Waals surface area contributed by atoms with Crippen LogP contribution in [0.4, 0.5) is 0 Å². The van der Waals surface area contributed by atoms with Gasteiger partial charge in [-0.15, -0.1) is 0 Å². The molecule has 28 heavy (non-hydrogen) atoms. The van der Waals surface area contributed by atoms with E-state index in [1.807, 2.05) is 36.4 Å². The molecule has 1 aliphatic heterocycles. The summed E-state index contributed by atoms with van der Waals surface area (Å²) in [5, 5.41) is 1.10. The molecule has 0 radical (unpaired) electrons. The van der Waals surface area contributed by atoms with Crippen molar-refractivity contribution in [3.63, 3.8) is 0 Å². The minimum absolute atomic E-state index is 0.0195. The van der Waals surface area contributed by atoms with E-state index >= 15 is 0 Å². The monoisotopic (exact) mass is 396 g/mol. The molecular formula is C22H24N2O3S. The first-order valence-corrected chi connectivity index (χ1v) is 11.3. The van der Waals surface area contributed by atoms with Crippen molar-refractivity contribution in [1.29, 1.82) is 0 Å². The quantitative estimate of drug-likeness (QED) is 0.639. The zero-order valence-electron chi connectivity index (χ0n) is 15.9. The molecule has 0 N–H and O–H groups in total. The van der Waals surface area contributed by atoms with Gasteiger partial charge in [-0.1, -0.05) is 36.4 Å². The molecule has 1 aliphatic rings. The SMILES string of the molecule is COc1ccc(CN(Cc2cccc3cccnc23)[C@@H]2CCS(=O)(=O)C2)cc1. The fourth-order valence-corrected chi connectivity index (χ4v) is 5.62. The van der Waals surface area contributed by atoms with E-state index in [0.717, 1.165) is 27.8 Å². The van der Waals surface area contributed by atoms with Crippen LogP contribution in [0.15, 0.2) is 60.8 Å². The Morgan fingerprint density at radius 1 is 1.07 bits per heavy atom. The summed E-state index contributed by atoms with van der Waals surface area (Å²) in [6.45, 7) is 1.36. The van der Waals surface area contributed by atoms with Crippen LogP contribution >= 0.6 is 0 Å². The van der Waals surface area contributed by atoms with Crippen LogP contribution in [-0.4, -0.2) is 43.0 Å². The van der Waals surface area contributed by atoms with Gasteiger partial charge in [0.1, 0.15) is 5.75 Å². The fourth-order valence-electron chi connectivity index (χ4n) is 3.86. The van der Waals surface area contributed by atoms with Gasteiger partial charge in [0.2, 0.25) is 0 Å². The molecule has 1 fully saturated rings. The lowest BCUT2D eigenvalue weighted by Crippen LogP contribution is -2.35. The van der Waals surface area contributed by atoms with Crippen LogP contribution in [0, 0.1) is 0 Å². The Hall–Kier alpha value is -2.44. The Morgan fingerprint density at radius 3 is 2.57 bits per heavy atom. The number of hydrogen-bond donors (Lipinski definition) is 0. The van der Waals surface area contributed by atoms with Crippen molar-refractivity contribution in [2.24, 2.45) is 0 Å². The van der Waals surface area contributed by atoms with Gasteiger partial charge in [-0.3, -0.25) is 9.88 Å². The molecule has 1 atom stereocenters. The maximum Gasteiger partial charge on any atom is 0.151 e. The summed E-state index contributed by atoms with van der Waals surface area (Å²) in [5.41, 5.74) is 3.24. The largest absolute Gasteiger partial charge is 0.497 e. The van der Waals surface area contributed by atoms with E-state index in [4.69, 9.17) is 4.74 Å². The van der Waals surface area contributed by atoms with Crippen LogP contribution in [0.2, 0.25) is 0 Å². The maximum atomic E-state index is 12.1. The Morgan fingerprint density at radius 2 is 1.86 bits per heavy atom. The number of aromatic nitrogens is 1. The number of para-hydroxylation sites is 1. The number of rotatable bonds is 6. The first kappa shape index (κ1) is 18.9. The summed E-state index contributed by atoms with van der Waals surface area (Å²) < 4.78 is 29.4. The van der Waals surface area contributed by atoms with E-state index < -0.39 is 9.84 Å². The van der Waals surface area contributed by atoms with Crippen LogP contribution in [0.25, 0.3) is 10.9 Å². The molecule has 6 heteroatoms. The highest BCUT2D eigenvalue weighted by molar-refractivity contribution is 7.91. The highest BCUT2D eigenvalue weighted by atomic mass is 32.2. The van der Waals surface area contributed by atoms with Crippen molar-refractivity contribution in [3.05, 3.63) is 71.9 Å². The van der Waals surface area contributed by atoms with Gasteiger partial charge < -0.3 is 4.74 Å². The van der Waals surface area contributed by atoms with Crippen LogP contribution in [0.5, 0.6) is 5.75 Å². The molecule has 0 amide bonds. The Bertz CT molecular complexity index is 1060. The Balaban J connectivity index is 1.64. The topological polar surface area (TPSA) is 59.5 Å². The summed E-state index contributed by atoms with van der Waals surface area (Å²) in [6.07, 6.45) is 2.48. The van der Waals surface area contributed by atoms with Crippen molar-refractivity contribution >= 4 is 20.7 Å². The number of sulfone groups is 1. The molecule has 1 aromatic heterocycles. The Kier molecular flexibility index (Phi) is 5.33. The van der Waals surface area contributed by atoms with Crippen LogP contribution in [-0.2, 0) is 22.9 Å². The second-order valence-corrected chi connectivity index (χ2v) is 9.53. The minimum atomic E-state index is -2.96. The third kappa shape index (κ3) is 4.18. The third-order valence-electron chi connectivity index (χ3n) is 5.36. The van der Waals surface area contributed by atoms with Crippen molar-refractivity contribution in [2.45, 2.75) is 25.6 Å². The van der Waals surface area contributed by atoms with Crippen LogP contribution < -0.4 is 4.74 Å². The predicted octanol–water partition coefficient (Wildman–Crippen LogP) is 3.43. The second-order valence-electron chi connectivity index (χ2n) is 7.30. The third-order valence-corrected chi connectivity index (χ3v) is 7.11. The van der Waals surface area contributed by atoms with Crippen LogP contribution in [0.1, 0.15) is 17.5 Å². The highest BCUT2D eigenvalue weighted by Gasteiger charge is 2.32. The zero-order valence-corrected chi connectivity index (χ0v) is 16.7. The lowest BCUT2D eigenvalue weighted by molar-refractivity contribution is 0.195. The molecule has 0 spiro atoms. The maximum absolute atomic E-state index is 12.1. The molecule has 2 heterocycles. The normalized spacial score (nSPS) is 18.6. The predicted molar refractivity (Wildman–Crippen MR) is 111 cm³/mol. The standard InChI is InChI=1S/C22H24N2O3S/c1-27-21-9-7-17(8-10-21)14-24(20-11-13-28(25,26)16-20)15-19-5-2-4-18-6-3-12-23-22(18)19/h2-10,12,20H,11,13-16H2,1H3/t20-/m1/s1. The first-order valence-electron chi connectivity index (χ1n) is 9.44. The number of benzene rings is 2. The van der Waals surface area contributed by atoms with Gasteiger partial charge in [-0.2, -0.15) is 0 Å². The van der Waals surface area contributed by atoms with Gasteiger partial charge in [0.05, 0.1) is 24.1 Å². The average Bonchev–Trinajstić information content (AvgIpc) is 3.08. The zero-order chi connectivity index (χ0) is 19.6. The smallest absolute Gasteiger partial charge is 0.151 e. The van der Waals surface area contributed by atoms with Gasteiger partial charge >= 0.3 is 0 Å². The van der Waals surface area contributed by atoms with Crippen molar-refractivity contribution in [1.82, 2.24) is 9.88 Å². The number of pyridine rings is 1. The molecule has 5 nitrogen and oxygen atoms in total. The lowest BCUT2D eigenvalue weighted by Gasteiger charge is -2.28. The van der Waals surface area contributed by atoms with Gasteiger partial charge in [0, 0.05) is 30.7 Å². The van der Waals surface area contributed by atoms with Crippen molar-refractivity contribution in [3.8, 4) is 5.75 Å². The second kappa shape index (κ2) is 7.89. The molecular weight excluding hydrogens is 372 g/mol. The average molecular weight is 397 g/mol. The minimum Gasteiger partial charge on any atom is -0.497 e. The number of methoxy groups -OCH3 is 1. The van der Waals surface area contributed by atoms with Crippen molar-refractivity contribution < 1.29 is 13.2 Å². The van der Waals surface area contributed by atoms with Gasteiger partial charge in [-0.05, 0) is 35.7 Å². The van der Waals surface area contributed by atoms with Crippen LogP contribution in [0.3, 0.4) is 0 Å². The summed E-state index contributed by atoms with van der Waals surface area (Å²) in [6, 6.07) is 18.1. The van der Waals surface area contributed by atoms with E-state index in [-0.39, 0.29) is 17.5 Å². The van der Waals surface area contributed by atoms with Gasteiger partial charge in [0.25, 0.3) is 0 Å². The molecule has 4 rings (SSSR count). The molecule has 3 aromatic rings. The van der Waals surface area contributed by atoms with Gasteiger partial charge in [-0.25, -0.2) is 8.42 Å². The van der Waals surface area contributed by atoms with E-state index in [1.54, 1.807) is 13.3 Å². The molecule has 2 aromatic carbocycles. The highest BCUT2D eigenvalue weighted by Crippen LogP contribution is 2.25. The first-order chi connectivity index (χ1) is 13.5. The molecule has 0 aliphatic carbocycles. The van der Waals surface area contributed by atoms with Crippen molar-refractivity contribution in [2.75, 3.05) is 18.6 Å². The number of fused-ring (bicyclic) bond motifs is 1. The summed E-state index contributed by atoms with van der Waals surface area (Å²) >= 11 is 0. The Labute approximate surface area is 165 Å². The van der Waals surface area contributed by atoms with E-state index in [9.17, 15) is 8.42 Å². The molecule has 0 unspecified atom stereocenters. The summed E-state index contributed by atoms with van der Waals surface area (Å²) in [4.78, 5) is 6.83. The molecule has 0 saturated carbocycles. The van der Waals surface area contributed by atoms with E-state index in [0.29, 0.717) is 19.5 Å². The summed E-state index contributed by atoms with van der Waals surface area (Å²) in [7, 11) is -1.30. The van der Waals surface area contributed by atoms with Gasteiger partial charge in [0.15, 0.2) is 9.84 Å². The molecule has 1 saturated heterocycles. The lowest BCUT2D eigenvalue weighted by atomic mass is 10.1. The molecule has 0 bridgehead atoms. The number of nitrogens with zero attached hydrogens (tertiary/aromatic N) is 2. The fraction of sp³-hybridized carbons (Fsp3) is 0.318. The van der Waals surface area contributed by atoms with E-state index in [2.05, 4.69) is 28.1 Å². The summed E-state index contributed by atoms with van der Waals surface area (Å²) in [5.74, 6) is 1.31.